The normalized spacial score (nSPS) is 9.50. The Morgan fingerprint density at radius 2 is 1.93 bits per heavy atom. The summed E-state index contributed by atoms with van der Waals surface area (Å²) in [5.41, 5.74) is 2.05. The topological polar surface area (TPSA) is 30.7 Å². The van der Waals surface area contributed by atoms with Crippen molar-refractivity contribution in [3.8, 4) is 11.3 Å². The average molecular weight is 254 g/mol. The van der Waals surface area contributed by atoms with Gasteiger partial charge in [0, 0.05) is 12.1 Å². The van der Waals surface area contributed by atoms with Gasteiger partial charge >= 0.3 is 0 Å². The highest BCUT2D eigenvalue weighted by Crippen LogP contribution is 2.14. The second kappa shape index (κ2) is 4.91. The van der Waals surface area contributed by atoms with Crippen LogP contribution >= 0.6 is 17.0 Å². The molecule has 0 saturated carbocycles. The number of benzene rings is 1. The molecule has 0 saturated heterocycles. The van der Waals surface area contributed by atoms with E-state index in [1.165, 1.54) is 0 Å². The molecule has 0 unspecified atom stereocenters. The molecule has 2 rings (SSSR count). The third kappa shape index (κ3) is 2.20. The van der Waals surface area contributed by atoms with E-state index in [0.29, 0.717) is 0 Å². The Bertz CT molecular complexity index is 383. The molecular formula is C10H12BrN3. The van der Waals surface area contributed by atoms with E-state index in [0.717, 1.165) is 17.8 Å². The predicted octanol–water partition coefficient (Wildman–Crippen LogP) is 2.54. The van der Waals surface area contributed by atoms with Gasteiger partial charge < -0.3 is 0 Å². The van der Waals surface area contributed by atoms with Gasteiger partial charge in [0.2, 0.25) is 0 Å². The van der Waals surface area contributed by atoms with Crippen molar-refractivity contribution in [3.05, 3.63) is 36.5 Å². The maximum Gasteiger partial charge on any atom is 0.113 e. The van der Waals surface area contributed by atoms with Crippen LogP contribution in [0.25, 0.3) is 11.3 Å². The standard InChI is InChI=1S/C10H11N3.BrH/c1-2-13-8-10(11-12-13)9-6-4-3-5-7-9;/h3-8H,2H2,1H3;1H. The van der Waals surface area contributed by atoms with E-state index in [1.807, 2.05) is 48.1 Å². The molecule has 4 heteroatoms. The van der Waals surface area contributed by atoms with Crippen LogP contribution in [0, 0.1) is 0 Å². The van der Waals surface area contributed by atoms with Gasteiger partial charge in [0.1, 0.15) is 5.69 Å². The fourth-order valence-corrected chi connectivity index (χ4v) is 1.19. The second-order valence-corrected chi connectivity index (χ2v) is 2.83. The molecular weight excluding hydrogens is 242 g/mol. The van der Waals surface area contributed by atoms with Gasteiger partial charge in [0.15, 0.2) is 0 Å². The van der Waals surface area contributed by atoms with E-state index in [9.17, 15) is 0 Å². The summed E-state index contributed by atoms with van der Waals surface area (Å²) in [5, 5.41) is 8.05. The first-order chi connectivity index (χ1) is 6.40. The Balaban J connectivity index is 0.000000980. The van der Waals surface area contributed by atoms with E-state index in [4.69, 9.17) is 0 Å². The number of rotatable bonds is 2. The van der Waals surface area contributed by atoms with Gasteiger partial charge in [0.05, 0.1) is 6.20 Å². The van der Waals surface area contributed by atoms with E-state index >= 15 is 0 Å². The molecule has 0 atom stereocenters. The average Bonchev–Trinajstić information content (AvgIpc) is 2.67. The number of hydrogen-bond donors (Lipinski definition) is 0. The van der Waals surface area contributed by atoms with Crippen molar-refractivity contribution in [2.45, 2.75) is 13.5 Å². The van der Waals surface area contributed by atoms with Crippen LogP contribution in [0.4, 0.5) is 0 Å². The van der Waals surface area contributed by atoms with Crippen molar-refractivity contribution in [2.75, 3.05) is 0 Å². The summed E-state index contributed by atoms with van der Waals surface area (Å²) in [4.78, 5) is 0. The third-order valence-corrected chi connectivity index (χ3v) is 1.93. The molecule has 0 N–H and O–H groups in total. The van der Waals surface area contributed by atoms with Crippen molar-refractivity contribution < 1.29 is 0 Å². The highest BCUT2D eigenvalue weighted by Gasteiger charge is 2.00. The molecule has 0 bridgehead atoms. The lowest BCUT2D eigenvalue weighted by atomic mass is 10.2. The van der Waals surface area contributed by atoms with Crippen LogP contribution < -0.4 is 0 Å². The summed E-state index contributed by atoms with van der Waals surface area (Å²) in [7, 11) is 0. The maximum atomic E-state index is 4.07. The van der Waals surface area contributed by atoms with Crippen LogP contribution in [-0.2, 0) is 6.54 Å². The number of hydrogen-bond acceptors (Lipinski definition) is 2. The molecule has 1 aromatic carbocycles. The van der Waals surface area contributed by atoms with Crippen LogP contribution in [0.3, 0.4) is 0 Å². The molecule has 0 radical (unpaired) electrons. The van der Waals surface area contributed by atoms with E-state index in [-0.39, 0.29) is 17.0 Å². The molecule has 0 aliphatic rings. The fraction of sp³-hybridized carbons (Fsp3) is 0.200. The van der Waals surface area contributed by atoms with Gasteiger partial charge in [-0.05, 0) is 6.92 Å². The Hall–Kier alpha value is -1.16. The maximum absolute atomic E-state index is 4.07. The summed E-state index contributed by atoms with van der Waals surface area (Å²) in [5.74, 6) is 0. The molecule has 1 heterocycles. The van der Waals surface area contributed by atoms with E-state index < -0.39 is 0 Å². The predicted molar refractivity (Wildman–Crippen MR) is 61.5 cm³/mol. The number of aryl methyl sites for hydroxylation is 1. The van der Waals surface area contributed by atoms with Crippen molar-refractivity contribution in [1.82, 2.24) is 15.0 Å². The number of nitrogens with zero attached hydrogens (tertiary/aromatic N) is 3. The van der Waals surface area contributed by atoms with Gasteiger partial charge in [-0.25, -0.2) is 0 Å². The Morgan fingerprint density at radius 1 is 1.21 bits per heavy atom. The zero-order valence-electron chi connectivity index (χ0n) is 7.92. The van der Waals surface area contributed by atoms with E-state index in [2.05, 4.69) is 10.3 Å². The van der Waals surface area contributed by atoms with Crippen LogP contribution in [0.2, 0.25) is 0 Å². The zero-order valence-corrected chi connectivity index (χ0v) is 9.63. The minimum Gasteiger partial charge on any atom is -0.252 e. The van der Waals surface area contributed by atoms with Crippen molar-refractivity contribution in [3.63, 3.8) is 0 Å². The molecule has 0 amide bonds. The minimum absolute atomic E-state index is 0. The first kappa shape index (κ1) is 10.9. The van der Waals surface area contributed by atoms with Gasteiger partial charge in [-0.2, -0.15) is 0 Å². The highest BCUT2D eigenvalue weighted by molar-refractivity contribution is 8.93. The fourth-order valence-electron chi connectivity index (χ4n) is 1.19. The first-order valence-electron chi connectivity index (χ1n) is 4.35. The van der Waals surface area contributed by atoms with Gasteiger partial charge in [-0.15, -0.1) is 22.1 Å². The first-order valence-corrected chi connectivity index (χ1v) is 4.35. The van der Waals surface area contributed by atoms with Crippen molar-refractivity contribution in [2.24, 2.45) is 0 Å². The second-order valence-electron chi connectivity index (χ2n) is 2.83. The monoisotopic (exact) mass is 253 g/mol. The van der Waals surface area contributed by atoms with Gasteiger partial charge in [-0.3, -0.25) is 4.68 Å². The van der Waals surface area contributed by atoms with E-state index in [1.54, 1.807) is 0 Å². The van der Waals surface area contributed by atoms with Crippen molar-refractivity contribution >= 4 is 17.0 Å². The molecule has 0 aliphatic heterocycles. The third-order valence-electron chi connectivity index (χ3n) is 1.93. The molecule has 3 nitrogen and oxygen atoms in total. The lowest BCUT2D eigenvalue weighted by molar-refractivity contribution is 0.627. The van der Waals surface area contributed by atoms with Crippen LogP contribution in [-0.4, -0.2) is 15.0 Å². The summed E-state index contributed by atoms with van der Waals surface area (Å²) in [6.07, 6.45) is 1.95. The van der Waals surface area contributed by atoms with Crippen LogP contribution in [0.1, 0.15) is 6.92 Å². The summed E-state index contributed by atoms with van der Waals surface area (Å²) >= 11 is 0. The summed E-state index contributed by atoms with van der Waals surface area (Å²) < 4.78 is 1.82. The van der Waals surface area contributed by atoms with Gasteiger partial charge in [0.25, 0.3) is 0 Å². The molecule has 2 aromatic rings. The molecule has 74 valence electrons. The van der Waals surface area contributed by atoms with Crippen LogP contribution in [0.15, 0.2) is 36.5 Å². The Labute approximate surface area is 93.5 Å². The van der Waals surface area contributed by atoms with Crippen LogP contribution in [0.5, 0.6) is 0 Å². The lowest BCUT2D eigenvalue weighted by Crippen LogP contribution is -1.93. The summed E-state index contributed by atoms with van der Waals surface area (Å²) in [6, 6.07) is 10.1. The molecule has 14 heavy (non-hydrogen) atoms. The smallest absolute Gasteiger partial charge is 0.113 e. The Morgan fingerprint density at radius 3 is 2.50 bits per heavy atom. The zero-order chi connectivity index (χ0) is 9.10. The SMILES string of the molecule is Br.CCn1cc(-c2ccccc2)nn1. The van der Waals surface area contributed by atoms with Crippen molar-refractivity contribution in [1.29, 1.82) is 0 Å². The quantitative estimate of drug-likeness (QED) is 0.824. The molecule has 1 aromatic heterocycles. The highest BCUT2D eigenvalue weighted by atomic mass is 79.9. The minimum atomic E-state index is 0. The number of aromatic nitrogens is 3. The van der Waals surface area contributed by atoms with Gasteiger partial charge in [-0.1, -0.05) is 35.5 Å². The number of halogens is 1. The molecule has 0 spiro atoms. The summed E-state index contributed by atoms with van der Waals surface area (Å²) in [6.45, 7) is 2.91. The lowest BCUT2D eigenvalue weighted by Gasteiger charge is -1.92. The molecule has 0 fully saturated rings. The Kier molecular flexibility index (Phi) is 3.83. The largest absolute Gasteiger partial charge is 0.252 e. The molecule has 0 aliphatic carbocycles.